The first kappa shape index (κ1) is 27.7. The van der Waals surface area contributed by atoms with Crippen LogP contribution in [-0.2, 0) is 20.9 Å². The van der Waals surface area contributed by atoms with Gasteiger partial charge in [-0.2, -0.15) is 0 Å². The van der Waals surface area contributed by atoms with Gasteiger partial charge in [0.2, 0.25) is 17.7 Å². The number of thioether (sulfide) groups is 1. The molecule has 1 saturated heterocycles. The summed E-state index contributed by atoms with van der Waals surface area (Å²) in [5.41, 5.74) is 1.11. The number of fused-ring (bicyclic) bond motifs is 2. The van der Waals surface area contributed by atoms with Gasteiger partial charge < -0.3 is 10.4 Å². The first-order valence-electron chi connectivity index (χ1n) is 12.5. The van der Waals surface area contributed by atoms with Crippen LogP contribution in [0.1, 0.15) is 16.4 Å². The summed E-state index contributed by atoms with van der Waals surface area (Å²) in [4.78, 5) is 65.5. The van der Waals surface area contributed by atoms with Crippen LogP contribution in [0.25, 0.3) is 0 Å². The fourth-order valence-corrected chi connectivity index (χ4v) is 8.05. The average molecular weight is 623 g/mol. The van der Waals surface area contributed by atoms with Crippen LogP contribution >= 0.6 is 34.7 Å². The molecule has 42 heavy (non-hydrogen) atoms. The van der Waals surface area contributed by atoms with Crippen LogP contribution < -0.4 is 15.1 Å². The molecular weight excluding hydrogens is 604 g/mol. The van der Waals surface area contributed by atoms with E-state index >= 15 is 0 Å². The number of phenolic OH excluding ortho intramolecular Hbond substituents is 1. The third-order valence-electron chi connectivity index (χ3n) is 7.05. The molecule has 0 radical (unpaired) electrons. The molecule has 212 valence electrons. The van der Waals surface area contributed by atoms with Crippen molar-refractivity contribution < 1.29 is 24.4 Å². The van der Waals surface area contributed by atoms with Crippen LogP contribution in [-0.4, -0.2) is 37.6 Å². The number of amides is 3. The van der Waals surface area contributed by atoms with Crippen LogP contribution in [0.2, 0.25) is 5.02 Å². The van der Waals surface area contributed by atoms with Gasteiger partial charge in [0.1, 0.15) is 17.5 Å². The topological polar surface area (TPSA) is 152 Å². The Morgan fingerprint density at radius 1 is 0.976 bits per heavy atom. The van der Waals surface area contributed by atoms with Gasteiger partial charge in [0.15, 0.2) is 0 Å². The molecule has 2 N–H and O–H groups in total. The van der Waals surface area contributed by atoms with E-state index in [0.29, 0.717) is 26.2 Å². The van der Waals surface area contributed by atoms with Gasteiger partial charge in [0, 0.05) is 33.6 Å². The Kier molecular flexibility index (Phi) is 7.09. The SMILES string of the molecule is O=C(Cn1c2c(sc1=O)[C@@H](c1ccc(O)cc1)C1C(=O)N(c3ccc([N+](=O)[O-])cc3)C(=O)C1S2)Nc1ccc(Cl)cc1. The van der Waals surface area contributed by atoms with E-state index in [9.17, 15) is 34.4 Å². The largest absolute Gasteiger partial charge is 0.508 e. The van der Waals surface area contributed by atoms with E-state index in [4.69, 9.17) is 11.6 Å². The molecule has 3 atom stereocenters. The summed E-state index contributed by atoms with van der Waals surface area (Å²) in [6.45, 7) is -0.325. The zero-order chi connectivity index (χ0) is 29.7. The van der Waals surface area contributed by atoms with E-state index < -0.39 is 44.6 Å². The molecule has 0 bridgehead atoms. The van der Waals surface area contributed by atoms with Gasteiger partial charge in [-0.15, -0.1) is 0 Å². The van der Waals surface area contributed by atoms with E-state index in [2.05, 4.69) is 5.32 Å². The Hall–Kier alpha value is -4.46. The standard InChI is InChI=1S/C28H19ClN4O7S2/c29-15-3-5-16(6-4-15)30-20(35)13-31-27-24(42-28(31)38)21(14-1-11-19(34)12-2-14)22-23(41-27)26(37)32(25(22)36)17-7-9-18(10-8-17)33(39)40/h1-12,21-23,34H,13H2,(H,30,35)/t21-,22?,23?/m0/s1. The minimum atomic E-state index is -0.932. The van der Waals surface area contributed by atoms with E-state index in [1.807, 2.05) is 0 Å². The maximum absolute atomic E-state index is 13.9. The number of halogens is 1. The van der Waals surface area contributed by atoms with Crippen molar-refractivity contribution in [1.29, 1.82) is 0 Å². The summed E-state index contributed by atoms with van der Waals surface area (Å²) in [5, 5.41) is 23.7. The smallest absolute Gasteiger partial charge is 0.308 e. The predicted octanol–water partition coefficient (Wildman–Crippen LogP) is 4.61. The number of benzene rings is 3. The minimum Gasteiger partial charge on any atom is -0.508 e. The number of thiazole rings is 1. The van der Waals surface area contributed by atoms with Crippen molar-refractivity contribution in [3.8, 4) is 5.75 Å². The van der Waals surface area contributed by atoms with E-state index in [0.717, 1.165) is 28.0 Å². The lowest BCUT2D eigenvalue weighted by Gasteiger charge is -2.30. The lowest BCUT2D eigenvalue weighted by atomic mass is 9.83. The van der Waals surface area contributed by atoms with Gasteiger partial charge in [-0.1, -0.05) is 46.8 Å². The average Bonchev–Trinajstić information content (AvgIpc) is 3.41. The number of carbonyl (C=O) groups is 3. The summed E-state index contributed by atoms with van der Waals surface area (Å²) in [5.74, 6) is -3.12. The first-order valence-corrected chi connectivity index (χ1v) is 14.6. The van der Waals surface area contributed by atoms with Crippen molar-refractivity contribution in [3.05, 3.63) is 108 Å². The van der Waals surface area contributed by atoms with Gasteiger partial charge in [0.05, 0.1) is 21.6 Å². The molecular formula is C28H19ClN4O7S2. The summed E-state index contributed by atoms with van der Waals surface area (Å²) < 4.78 is 1.30. The third-order valence-corrected chi connectivity index (χ3v) is 9.91. The molecule has 2 aliphatic rings. The van der Waals surface area contributed by atoms with Crippen LogP contribution in [0.5, 0.6) is 5.75 Å². The number of nitrogens with zero attached hydrogens (tertiary/aromatic N) is 3. The van der Waals surface area contributed by atoms with E-state index in [-0.39, 0.29) is 23.7 Å². The Morgan fingerprint density at radius 3 is 2.29 bits per heavy atom. The summed E-state index contributed by atoms with van der Waals surface area (Å²) in [6.07, 6.45) is 0. The van der Waals surface area contributed by atoms with Crippen molar-refractivity contribution >= 4 is 69.5 Å². The molecule has 11 nitrogen and oxygen atoms in total. The molecule has 14 heteroatoms. The quantitative estimate of drug-likeness (QED) is 0.180. The number of phenols is 1. The van der Waals surface area contributed by atoms with Crippen molar-refractivity contribution in [3.63, 3.8) is 0 Å². The number of non-ortho nitro benzene ring substituents is 1. The number of aromatic hydroxyl groups is 1. The zero-order valence-electron chi connectivity index (χ0n) is 21.3. The highest BCUT2D eigenvalue weighted by molar-refractivity contribution is 8.00. The van der Waals surface area contributed by atoms with Crippen LogP contribution in [0, 0.1) is 16.0 Å². The number of nitro groups is 1. The Bertz CT molecular complexity index is 1800. The van der Waals surface area contributed by atoms with Crippen LogP contribution in [0.15, 0.2) is 82.6 Å². The highest BCUT2D eigenvalue weighted by Gasteiger charge is 2.56. The van der Waals surface area contributed by atoms with Crippen molar-refractivity contribution in [2.24, 2.45) is 5.92 Å². The highest BCUT2D eigenvalue weighted by atomic mass is 35.5. The molecule has 0 aliphatic carbocycles. The van der Waals surface area contributed by atoms with Gasteiger partial charge in [-0.3, -0.25) is 33.9 Å². The number of rotatable bonds is 6. The number of nitro benzene ring substituents is 1. The maximum atomic E-state index is 13.9. The number of imide groups is 1. The van der Waals surface area contributed by atoms with Crippen LogP contribution in [0.4, 0.5) is 17.1 Å². The second-order valence-corrected chi connectivity index (χ2v) is 12.2. The van der Waals surface area contributed by atoms with Crippen LogP contribution in [0.3, 0.4) is 0 Å². The molecule has 1 fully saturated rings. The van der Waals surface area contributed by atoms with Crippen molar-refractivity contribution in [1.82, 2.24) is 4.57 Å². The summed E-state index contributed by atoms with van der Waals surface area (Å²) in [7, 11) is 0. The predicted molar refractivity (Wildman–Crippen MR) is 157 cm³/mol. The maximum Gasteiger partial charge on any atom is 0.308 e. The molecule has 0 saturated carbocycles. The highest BCUT2D eigenvalue weighted by Crippen LogP contribution is 2.54. The number of hydrogen-bond acceptors (Lipinski definition) is 9. The molecule has 2 aliphatic heterocycles. The Labute approximate surface area is 250 Å². The minimum absolute atomic E-state index is 0.00617. The number of carbonyl (C=O) groups excluding carboxylic acids is 3. The first-order chi connectivity index (χ1) is 20.1. The van der Waals surface area contributed by atoms with Gasteiger partial charge in [0.25, 0.3) is 5.69 Å². The lowest BCUT2D eigenvalue weighted by Crippen LogP contribution is -2.33. The molecule has 1 aromatic heterocycles. The van der Waals surface area contributed by atoms with Gasteiger partial charge in [-0.25, -0.2) is 4.90 Å². The molecule has 3 aromatic carbocycles. The third kappa shape index (κ3) is 4.85. The Morgan fingerprint density at radius 2 is 1.64 bits per heavy atom. The molecule has 4 aromatic rings. The van der Waals surface area contributed by atoms with Gasteiger partial charge >= 0.3 is 4.87 Å². The fourth-order valence-electron chi connectivity index (χ4n) is 5.15. The summed E-state index contributed by atoms with van der Waals surface area (Å²) in [6, 6.07) is 17.8. The molecule has 3 heterocycles. The van der Waals surface area contributed by atoms with E-state index in [1.54, 1.807) is 36.4 Å². The monoisotopic (exact) mass is 622 g/mol. The second-order valence-electron chi connectivity index (χ2n) is 9.60. The Balaban J connectivity index is 1.39. The number of anilines is 2. The number of hydrogen-bond donors (Lipinski definition) is 2. The normalized spacial score (nSPS) is 19.4. The van der Waals surface area contributed by atoms with Crippen molar-refractivity contribution in [2.75, 3.05) is 10.2 Å². The van der Waals surface area contributed by atoms with E-state index in [1.165, 1.54) is 41.0 Å². The van der Waals surface area contributed by atoms with Gasteiger partial charge in [-0.05, 0) is 54.1 Å². The molecule has 0 spiro atoms. The summed E-state index contributed by atoms with van der Waals surface area (Å²) >= 11 is 7.87. The molecule has 6 rings (SSSR count). The molecule has 3 amide bonds. The second kappa shape index (κ2) is 10.7. The number of aromatic nitrogens is 1. The lowest BCUT2D eigenvalue weighted by molar-refractivity contribution is -0.384. The fraction of sp³-hybridized carbons (Fsp3) is 0.143. The zero-order valence-corrected chi connectivity index (χ0v) is 23.7. The molecule has 2 unspecified atom stereocenters. The number of nitrogens with one attached hydrogen (secondary N) is 1. The van der Waals surface area contributed by atoms with Crippen molar-refractivity contribution in [2.45, 2.75) is 22.7 Å².